The fourth-order valence-corrected chi connectivity index (χ4v) is 14.5. The van der Waals surface area contributed by atoms with Crippen molar-refractivity contribution in [3.8, 4) is 0 Å². The molecule has 10 N–H and O–H groups in total. The molecule has 0 atom stereocenters. The maximum Gasteiger partial charge on any atom is 0.262 e. The van der Waals surface area contributed by atoms with Gasteiger partial charge in [-0.3, -0.25) is 49.5 Å². The number of rotatable bonds is 20. The topological polar surface area (TPSA) is 314 Å². The van der Waals surface area contributed by atoms with E-state index >= 15 is 0 Å². The molecule has 5 aromatic carbocycles. The summed E-state index contributed by atoms with van der Waals surface area (Å²) in [6.45, 7) is 19.0. The maximum atomic E-state index is 13.6. The summed E-state index contributed by atoms with van der Waals surface area (Å²) in [6.07, 6.45) is 4.43. The number of H-pyrrole nitrogens is 5. The Kier molecular flexibility index (Phi) is 25.0. The van der Waals surface area contributed by atoms with Gasteiger partial charge in [-0.1, -0.05) is 34.8 Å². The molecule has 25 nitrogen and oxygen atoms in total. The van der Waals surface area contributed by atoms with E-state index in [0.29, 0.717) is 97.3 Å². The average molecular weight is 1580 g/mol. The molecule has 0 amide bonds. The Morgan fingerprint density at radius 2 is 0.600 bits per heavy atom. The Labute approximate surface area is 626 Å². The van der Waals surface area contributed by atoms with Crippen molar-refractivity contribution in [3.63, 3.8) is 0 Å². The summed E-state index contributed by atoms with van der Waals surface area (Å²) in [5.74, 6) is -0.329. The van der Waals surface area contributed by atoms with Gasteiger partial charge >= 0.3 is 0 Å². The fourth-order valence-electron chi connectivity index (χ4n) is 13.6. The number of nitrogens with zero attached hydrogens (tertiary/aromatic N) is 10. The highest BCUT2D eigenvalue weighted by Gasteiger charge is 2.21. The summed E-state index contributed by atoms with van der Waals surface area (Å²) in [7, 11) is 9.54. The molecule has 0 fully saturated rings. The number of hydrogen-bond donors (Lipinski definition) is 10. The van der Waals surface area contributed by atoms with Gasteiger partial charge in [0.25, 0.3) is 27.8 Å². The number of nitrogens with one attached hydrogen (secondary N) is 10. The third-order valence-corrected chi connectivity index (χ3v) is 19.9. The molecule has 0 unspecified atom stereocenters. The maximum absolute atomic E-state index is 13.6. The largest absolute Gasteiger partial charge is 0.320 e. The molecule has 10 aromatic heterocycles. The number of halogens is 4. The van der Waals surface area contributed by atoms with Crippen LogP contribution < -0.4 is 54.4 Å². The van der Waals surface area contributed by atoms with Crippen LogP contribution in [0.2, 0.25) is 10.0 Å². The molecule has 0 aliphatic carbocycles. The predicted molar refractivity (Wildman–Crippen MR) is 433 cm³/mol. The molecule has 105 heavy (non-hydrogen) atoms. The Balaban J connectivity index is 0.000000131. The van der Waals surface area contributed by atoms with E-state index in [2.05, 4.69) is 119 Å². The molecule has 0 bridgehead atoms. The average Bonchev–Trinajstić information content (AvgIpc) is 1.67. The van der Waals surface area contributed by atoms with Gasteiger partial charge in [-0.05, 0) is 249 Å². The van der Waals surface area contributed by atoms with Crippen molar-refractivity contribution in [2.45, 2.75) is 106 Å². The number of pyridine rings is 5. The van der Waals surface area contributed by atoms with E-state index in [4.69, 9.17) is 23.2 Å². The summed E-state index contributed by atoms with van der Waals surface area (Å²) < 4.78 is 23.8. The zero-order valence-electron chi connectivity index (χ0n) is 60.8. The second-order valence-corrected chi connectivity index (χ2v) is 28.2. The number of aromatic nitrogens is 15. The number of aromatic amines is 5. The van der Waals surface area contributed by atoms with Crippen molar-refractivity contribution < 1.29 is 4.39 Å². The minimum Gasteiger partial charge on any atom is -0.320 e. The molecule has 550 valence electrons. The Morgan fingerprint density at radius 3 is 0.895 bits per heavy atom. The van der Waals surface area contributed by atoms with E-state index in [0.717, 1.165) is 151 Å². The van der Waals surface area contributed by atoms with Crippen LogP contribution in [0.5, 0.6) is 0 Å². The van der Waals surface area contributed by atoms with Gasteiger partial charge in [0.1, 0.15) is 33.4 Å². The minimum absolute atomic E-state index is 0.00201. The van der Waals surface area contributed by atoms with Crippen molar-refractivity contribution in [2.24, 2.45) is 0 Å². The first-order chi connectivity index (χ1) is 50.7. The van der Waals surface area contributed by atoms with Crippen LogP contribution in [0.25, 0.3) is 109 Å². The van der Waals surface area contributed by atoms with E-state index in [1.165, 1.54) is 17.7 Å². The molecule has 0 saturated heterocycles. The van der Waals surface area contributed by atoms with Crippen LogP contribution in [0.15, 0.2) is 115 Å². The zero-order chi connectivity index (χ0) is 74.9. The molecule has 15 aromatic rings. The van der Waals surface area contributed by atoms with E-state index in [1.54, 1.807) is 17.6 Å². The lowest BCUT2D eigenvalue weighted by Gasteiger charge is -2.11. The summed E-state index contributed by atoms with van der Waals surface area (Å²) in [5, 5.41) is 60.5. The van der Waals surface area contributed by atoms with Gasteiger partial charge in [-0.2, -0.15) is 25.5 Å². The lowest BCUT2D eigenvalue weighted by molar-refractivity contribution is 0.612. The van der Waals surface area contributed by atoms with Gasteiger partial charge in [0.2, 0.25) is 0 Å². The van der Waals surface area contributed by atoms with Gasteiger partial charge in [0, 0.05) is 102 Å². The highest BCUT2D eigenvalue weighted by atomic mass is 127. The normalized spacial score (nSPS) is 11.6. The Bertz CT molecular complexity index is 5170. The smallest absolute Gasteiger partial charge is 0.262 e. The van der Waals surface area contributed by atoms with Crippen LogP contribution in [0, 0.1) is 50.9 Å². The van der Waals surface area contributed by atoms with Gasteiger partial charge in [-0.25, -0.2) is 4.39 Å². The second-order valence-electron chi connectivity index (χ2n) is 26.1. The summed E-state index contributed by atoms with van der Waals surface area (Å²) in [4.78, 5) is 63.8. The third-order valence-electron chi connectivity index (χ3n) is 18.8. The van der Waals surface area contributed by atoms with Crippen LogP contribution in [-0.2, 0) is 32.7 Å². The fraction of sp³-hybridized carbons (Fsp3) is 0.342. The molecular formula is C76H88Cl2FIN20O5. The van der Waals surface area contributed by atoms with Crippen molar-refractivity contribution >= 4 is 155 Å². The molecule has 0 saturated carbocycles. The molecule has 0 radical (unpaired) electrons. The minimum atomic E-state index is -0.329. The number of hydrogen-bond acceptors (Lipinski definition) is 15. The van der Waals surface area contributed by atoms with Crippen molar-refractivity contribution in [1.82, 2.24) is 100 Å². The van der Waals surface area contributed by atoms with Gasteiger partial charge in [0.15, 0.2) is 0 Å². The summed E-state index contributed by atoms with van der Waals surface area (Å²) in [6, 6.07) is 27.9. The van der Waals surface area contributed by atoms with Crippen LogP contribution in [0.4, 0.5) is 4.39 Å². The Morgan fingerprint density at radius 1 is 0.352 bits per heavy atom. The first-order valence-corrected chi connectivity index (χ1v) is 36.9. The van der Waals surface area contributed by atoms with Crippen molar-refractivity contribution in [2.75, 3.05) is 68.0 Å². The summed E-state index contributed by atoms with van der Waals surface area (Å²) in [5.41, 5.74) is 13.0. The van der Waals surface area contributed by atoms with E-state index in [1.807, 2.05) is 142 Å². The lowest BCUT2D eigenvalue weighted by Crippen LogP contribution is -2.23. The van der Waals surface area contributed by atoms with Crippen LogP contribution >= 0.6 is 45.8 Å². The third kappa shape index (κ3) is 15.9. The SMILES string of the molecule is CNCCCn1c(=O)c2c(C)[nH]nc2c2cc(C)ccc21.CNCCCn1c(=O)c2c(C)[nH]nc2c2cc(Cl)ccc21.CNCCCn1c(=O)c2c(C)[nH]nc2c2cc(Cl)ccc21.CNCCCn1c(=O)c2c(C)[nH]nc2c2cc(F)ccc21.CNCCCn1c(=O)c2c(C)[nH]nc2c2cc(I)ccc21. The van der Waals surface area contributed by atoms with Gasteiger partial charge < -0.3 is 49.4 Å². The van der Waals surface area contributed by atoms with Gasteiger partial charge in [-0.15, -0.1) is 0 Å². The van der Waals surface area contributed by atoms with E-state index in [-0.39, 0.29) is 33.6 Å². The van der Waals surface area contributed by atoms with Crippen LogP contribution in [-0.4, -0.2) is 142 Å². The Hall–Kier alpha value is -9.46. The molecule has 10 heterocycles. The monoisotopic (exact) mass is 1580 g/mol. The highest BCUT2D eigenvalue weighted by Crippen LogP contribution is 2.31. The zero-order valence-corrected chi connectivity index (χ0v) is 64.5. The number of aryl methyl sites for hydroxylation is 11. The van der Waals surface area contributed by atoms with E-state index < -0.39 is 0 Å². The lowest BCUT2D eigenvalue weighted by atomic mass is 10.1. The molecule has 29 heteroatoms. The highest BCUT2D eigenvalue weighted by molar-refractivity contribution is 14.1. The number of benzene rings is 5. The first kappa shape index (κ1) is 76.7. The quantitative estimate of drug-likeness (QED) is 0.0251. The van der Waals surface area contributed by atoms with Gasteiger partial charge in [0.05, 0.1) is 54.5 Å². The standard InChI is InChI=1S/C16H20N4O.2C15H17ClN4O.C15H17FN4O.C15H17IN4O/c1-10-5-6-13-12(9-10)15-14(11(2)18-19-15)16(21)20(13)8-4-7-17-3;4*1-9-13-14(19-18-9)11-8-10(16)4-5-12(11)20(15(13)21)7-3-6-17-2/h5-6,9,17H,4,7-8H2,1-3H3,(H,18,19);4*4-5,8,17H,3,6-7H2,1-2H3,(H,18,19). The first-order valence-electron chi connectivity index (χ1n) is 35.0. The molecule has 0 aliphatic rings. The number of fused-ring (bicyclic) bond motifs is 15. The molecular weight excluding hydrogens is 1490 g/mol. The second kappa shape index (κ2) is 34.2. The molecule has 0 spiro atoms. The predicted octanol–water partition coefficient (Wildman–Crippen LogP) is 11.3. The molecule has 0 aliphatic heterocycles. The van der Waals surface area contributed by atoms with Crippen molar-refractivity contribution in [3.05, 3.63) is 196 Å². The molecule has 15 rings (SSSR count). The van der Waals surface area contributed by atoms with E-state index in [9.17, 15) is 28.4 Å². The van der Waals surface area contributed by atoms with Crippen LogP contribution in [0.1, 0.15) is 66.1 Å². The van der Waals surface area contributed by atoms with Crippen molar-refractivity contribution in [1.29, 1.82) is 0 Å². The summed E-state index contributed by atoms with van der Waals surface area (Å²) >= 11 is 14.5. The van der Waals surface area contributed by atoms with Crippen LogP contribution in [0.3, 0.4) is 0 Å².